The van der Waals surface area contributed by atoms with Gasteiger partial charge in [0.2, 0.25) is 5.69 Å². The van der Waals surface area contributed by atoms with Crippen LogP contribution in [0.25, 0.3) is 15.9 Å². The van der Waals surface area contributed by atoms with E-state index in [0.29, 0.717) is 0 Å². The number of para-hydroxylation sites is 1. The van der Waals surface area contributed by atoms with Crippen molar-refractivity contribution in [2.45, 2.75) is 6.92 Å². The molecule has 0 saturated carbocycles. The predicted molar refractivity (Wildman–Crippen MR) is 72.2 cm³/mol. The molecular weight excluding hydrogens is 244 g/mol. The summed E-state index contributed by atoms with van der Waals surface area (Å²) in [6, 6.07) is 15.3. The Bertz CT molecular complexity index is 766. The second-order valence-corrected chi connectivity index (χ2v) is 5.00. The Kier molecular flexibility index (Phi) is 2.64. The maximum atomic E-state index is 12.1. The molecule has 2 aromatic carbocycles. The smallest absolute Gasteiger partial charge is 0.200 e. The van der Waals surface area contributed by atoms with Crippen molar-refractivity contribution >= 4 is 21.6 Å². The molecule has 3 rings (SSSR count). The van der Waals surface area contributed by atoms with Gasteiger partial charge in [-0.25, -0.2) is 4.79 Å². The van der Waals surface area contributed by atoms with Gasteiger partial charge in [-0.15, -0.1) is 0 Å². The summed E-state index contributed by atoms with van der Waals surface area (Å²) in [5.41, 5.74) is 2.73. The summed E-state index contributed by atoms with van der Waals surface area (Å²) >= 11 is 1.23. The van der Waals surface area contributed by atoms with E-state index in [-0.39, 0.29) is 4.87 Å². The van der Waals surface area contributed by atoms with Crippen molar-refractivity contribution in [1.82, 2.24) is 5.10 Å². The molecule has 0 aliphatic carbocycles. The molecule has 0 radical (unpaired) electrons. The topological polar surface area (TPSA) is 33.8 Å². The number of rotatable bonds is 1. The first-order valence-electron chi connectivity index (χ1n) is 5.64. The zero-order valence-corrected chi connectivity index (χ0v) is 10.6. The van der Waals surface area contributed by atoms with Crippen molar-refractivity contribution in [3.63, 3.8) is 0 Å². The minimum Gasteiger partial charge on any atom is -0.200 e. The highest BCUT2D eigenvalue weighted by molar-refractivity contribution is 7.15. The molecule has 0 aliphatic rings. The van der Waals surface area contributed by atoms with Crippen molar-refractivity contribution in [2.75, 3.05) is 0 Å². The lowest BCUT2D eigenvalue weighted by molar-refractivity contribution is -0.667. The fourth-order valence-corrected chi connectivity index (χ4v) is 2.71. The summed E-state index contributed by atoms with van der Waals surface area (Å²) in [4.78, 5) is 12.0. The van der Waals surface area contributed by atoms with Crippen LogP contribution in [0.15, 0.2) is 53.3 Å². The molecule has 0 bridgehead atoms. The van der Waals surface area contributed by atoms with Crippen molar-refractivity contribution in [1.29, 1.82) is 0 Å². The lowest BCUT2D eigenvalue weighted by Crippen LogP contribution is -2.49. The highest BCUT2D eigenvalue weighted by Gasteiger charge is 2.16. The van der Waals surface area contributed by atoms with Crippen LogP contribution in [-0.2, 0) is 0 Å². The van der Waals surface area contributed by atoms with Gasteiger partial charge in [0.05, 0.1) is 4.70 Å². The fourth-order valence-electron chi connectivity index (χ4n) is 1.86. The molecule has 1 heterocycles. The van der Waals surface area contributed by atoms with Gasteiger partial charge in [0.25, 0.3) is 0 Å². The van der Waals surface area contributed by atoms with Gasteiger partial charge < -0.3 is 0 Å². The zero-order chi connectivity index (χ0) is 12.5. The number of benzene rings is 2. The molecule has 3 aromatic rings. The van der Waals surface area contributed by atoms with E-state index in [2.05, 4.69) is 5.10 Å². The second-order valence-electron chi connectivity index (χ2n) is 4.04. The van der Waals surface area contributed by atoms with E-state index in [0.717, 1.165) is 21.5 Å². The van der Waals surface area contributed by atoms with E-state index in [9.17, 15) is 4.79 Å². The first-order valence-corrected chi connectivity index (χ1v) is 6.45. The molecule has 0 saturated heterocycles. The van der Waals surface area contributed by atoms with Crippen LogP contribution in [0.3, 0.4) is 0 Å². The quantitative estimate of drug-likeness (QED) is 0.625. The van der Waals surface area contributed by atoms with Crippen LogP contribution >= 0.6 is 11.3 Å². The summed E-state index contributed by atoms with van der Waals surface area (Å²) < 4.78 is 2.40. The molecule has 3 nitrogen and oxygen atoms in total. The molecule has 4 heteroatoms. The highest BCUT2D eigenvalue weighted by Crippen LogP contribution is 2.16. The minimum atomic E-state index is -0.0667. The third kappa shape index (κ3) is 1.80. The number of aromatic nitrogens is 2. The van der Waals surface area contributed by atoms with E-state index < -0.39 is 0 Å². The van der Waals surface area contributed by atoms with Crippen LogP contribution < -0.4 is 9.55 Å². The maximum Gasteiger partial charge on any atom is 0.504 e. The van der Waals surface area contributed by atoms with E-state index in [4.69, 9.17) is 0 Å². The Labute approximate surface area is 108 Å². The summed E-state index contributed by atoms with van der Waals surface area (Å²) in [5.74, 6) is 0. The second kappa shape index (κ2) is 4.31. The van der Waals surface area contributed by atoms with Crippen LogP contribution in [0, 0.1) is 6.92 Å². The van der Waals surface area contributed by atoms with Gasteiger partial charge in [0.15, 0.2) is 0 Å². The van der Waals surface area contributed by atoms with Crippen molar-refractivity contribution in [3.05, 3.63) is 63.8 Å². The lowest BCUT2D eigenvalue weighted by atomic mass is 10.2. The Hall–Kier alpha value is -2.07. The van der Waals surface area contributed by atoms with Crippen molar-refractivity contribution < 1.29 is 4.68 Å². The monoisotopic (exact) mass is 255 g/mol. The standard InChI is InChI=1S/C14H11N2OS/c1-10-6-5-9-12-13(10)18-14(17)16(15-12)11-7-3-2-4-8-11/h2-9H,1H3/q+1. The van der Waals surface area contributed by atoms with Crippen LogP contribution in [0.1, 0.15) is 5.56 Å². The average Bonchev–Trinajstić information content (AvgIpc) is 2.40. The molecule has 0 aliphatic heterocycles. The van der Waals surface area contributed by atoms with Crippen LogP contribution in [0.2, 0.25) is 0 Å². The SMILES string of the molecule is Cc1cccc2n[n+](-c3ccccc3)c(=O)sc12. The number of aryl methyl sites for hydroxylation is 1. The third-order valence-corrected chi connectivity index (χ3v) is 3.84. The number of hydrogen-bond donors (Lipinski definition) is 0. The van der Waals surface area contributed by atoms with E-state index in [1.54, 1.807) is 0 Å². The molecule has 88 valence electrons. The molecule has 1 aromatic heterocycles. The maximum absolute atomic E-state index is 12.1. The van der Waals surface area contributed by atoms with Crippen molar-refractivity contribution in [2.24, 2.45) is 0 Å². The van der Waals surface area contributed by atoms with Gasteiger partial charge in [-0.05, 0) is 29.9 Å². The molecular formula is C14H11N2OS+. The van der Waals surface area contributed by atoms with E-state index in [1.807, 2.05) is 55.5 Å². The van der Waals surface area contributed by atoms with Gasteiger partial charge in [-0.2, -0.15) is 0 Å². The summed E-state index contributed by atoms with van der Waals surface area (Å²) in [6.07, 6.45) is 0. The molecule has 0 fully saturated rings. The summed E-state index contributed by atoms with van der Waals surface area (Å²) in [6.45, 7) is 1.99. The zero-order valence-electron chi connectivity index (χ0n) is 9.83. The van der Waals surface area contributed by atoms with Gasteiger partial charge in [-0.3, -0.25) is 0 Å². The molecule has 0 amide bonds. The largest absolute Gasteiger partial charge is 0.504 e. The highest BCUT2D eigenvalue weighted by atomic mass is 32.1. The van der Waals surface area contributed by atoms with Crippen molar-refractivity contribution in [3.8, 4) is 5.69 Å². The summed E-state index contributed by atoms with van der Waals surface area (Å²) in [7, 11) is 0. The minimum absolute atomic E-state index is 0.0667. The van der Waals surface area contributed by atoms with Gasteiger partial charge >= 0.3 is 4.87 Å². The molecule has 0 N–H and O–H groups in total. The first-order chi connectivity index (χ1) is 8.75. The van der Waals surface area contributed by atoms with Crippen LogP contribution in [-0.4, -0.2) is 5.10 Å². The molecule has 0 unspecified atom stereocenters. The Morgan fingerprint density at radius 3 is 2.61 bits per heavy atom. The fraction of sp³-hybridized carbons (Fsp3) is 0.0714. The summed E-state index contributed by atoms with van der Waals surface area (Å²) in [5, 5.41) is 4.42. The Morgan fingerprint density at radius 2 is 1.83 bits per heavy atom. The molecule has 18 heavy (non-hydrogen) atoms. The number of nitrogens with zero attached hydrogens (tertiary/aromatic N) is 2. The normalized spacial score (nSPS) is 10.7. The van der Waals surface area contributed by atoms with E-state index >= 15 is 0 Å². The predicted octanol–water partition coefficient (Wildman–Crippen LogP) is 2.24. The number of hydrogen-bond acceptors (Lipinski definition) is 3. The molecule has 0 atom stereocenters. The van der Waals surface area contributed by atoms with E-state index in [1.165, 1.54) is 16.0 Å². The Balaban J connectivity index is 2.33. The molecule has 0 spiro atoms. The number of fused-ring (bicyclic) bond motifs is 1. The lowest BCUT2D eigenvalue weighted by Gasteiger charge is -1.97. The van der Waals surface area contributed by atoms with Crippen LogP contribution in [0.5, 0.6) is 0 Å². The van der Waals surface area contributed by atoms with Gasteiger partial charge in [-0.1, -0.05) is 30.3 Å². The van der Waals surface area contributed by atoms with Gasteiger partial charge in [0, 0.05) is 21.9 Å². The average molecular weight is 255 g/mol. The third-order valence-electron chi connectivity index (χ3n) is 2.76. The van der Waals surface area contributed by atoms with Crippen LogP contribution in [0.4, 0.5) is 0 Å². The van der Waals surface area contributed by atoms with Gasteiger partial charge in [0.1, 0.15) is 5.52 Å². The Morgan fingerprint density at radius 1 is 1.06 bits per heavy atom. The first kappa shape index (κ1) is 11.0.